The zero-order valence-electron chi connectivity index (χ0n) is 23.4. The molecular weight excluding hydrogens is 542 g/mol. The Morgan fingerprint density at radius 3 is 1.75 bits per heavy atom. The molecule has 44 heavy (non-hydrogen) atoms. The van der Waals surface area contributed by atoms with Crippen LogP contribution in [0.5, 0.6) is 0 Å². The number of aromatic nitrogens is 7. The van der Waals surface area contributed by atoms with Crippen LogP contribution in [0, 0.1) is 0 Å². The Morgan fingerprint density at radius 2 is 1.05 bits per heavy atom. The summed E-state index contributed by atoms with van der Waals surface area (Å²) in [6, 6.07) is 45.5. The van der Waals surface area contributed by atoms with Gasteiger partial charge in [-0.15, -0.1) is 5.10 Å². The highest BCUT2D eigenvalue weighted by Crippen LogP contribution is 2.38. The Morgan fingerprint density at radius 1 is 0.432 bits per heavy atom. The molecule has 9 rings (SSSR count). The van der Waals surface area contributed by atoms with Gasteiger partial charge in [0.15, 0.2) is 11.6 Å². The van der Waals surface area contributed by atoms with Crippen LogP contribution in [0.15, 0.2) is 140 Å². The predicted octanol–water partition coefficient (Wildman–Crippen LogP) is 8.19. The van der Waals surface area contributed by atoms with E-state index < -0.39 is 0 Å². The van der Waals surface area contributed by atoms with Crippen molar-refractivity contribution >= 4 is 43.7 Å². The molecule has 0 amide bonds. The summed E-state index contributed by atoms with van der Waals surface area (Å²) in [5.41, 5.74) is 7.77. The van der Waals surface area contributed by atoms with E-state index in [-0.39, 0.29) is 0 Å². The van der Waals surface area contributed by atoms with E-state index in [0.29, 0.717) is 17.6 Å². The van der Waals surface area contributed by atoms with Crippen LogP contribution in [0.3, 0.4) is 0 Å². The standard InChI is InChI=1S/C37H23N7/c1-4-12-24(13-5-1)35-39-36(25-14-6-2-7-15-25)41-37(40-35)44-31-20-21-38-42-34(31)29-22-28-27-18-10-11-19-30(27)43(32(28)23-33(29)44)26-16-8-3-9-17-26/h1-23H. The minimum absolute atomic E-state index is 0.521. The van der Waals surface area contributed by atoms with Crippen LogP contribution in [0.4, 0.5) is 0 Å². The molecule has 0 aliphatic rings. The van der Waals surface area contributed by atoms with Crippen molar-refractivity contribution in [3.63, 3.8) is 0 Å². The number of nitrogens with zero attached hydrogens (tertiary/aromatic N) is 7. The first-order chi connectivity index (χ1) is 21.8. The third kappa shape index (κ3) is 3.73. The van der Waals surface area contributed by atoms with E-state index in [1.807, 2.05) is 72.8 Å². The van der Waals surface area contributed by atoms with Crippen LogP contribution in [0.1, 0.15) is 0 Å². The largest absolute Gasteiger partial charge is 0.309 e. The van der Waals surface area contributed by atoms with Crippen molar-refractivity contribution in [2.24, 2.45) is 0 Å². The lowest BCUT2D eigenvalue weighted by atomic mass is 10.1. The molecule has 7 heteroatoms. The number of hydrogen-bond donors (Lipinski definition) is 0. The van der Waals surface area contributed by atoms with Crippen LogP contribution in [-0.2, 0) is 0 Å². The number of fused-ring (bicyclic) bond motifs is 6. The molecule has 4 heterocycles. The lowest BCUT2D eigenvalue weighted by Gasteiger charge is -2.11. The Balaban J connectivity index is 1.41. The first-order valence-electron chi connectivity index (χ1n) is 14.5. The zero-order valence-corrected chi connectivity index (χ0v) is 23.4. The summed E-state index contributed by atoms with van der Waals surface area (Å²) in [7, 11) is 0. The highest BCUT2D eigenvalue weighted by molar-refractivity contribution is 6.18. The van der Waals surface area contributed by atoms with Gasteiger partial charge in [-0.2, -0.15) is 15.1 Å². The van der Waals surface area contributed by atoms with Gasteiger partial charge in [0.05, 0.1) is 28.3 Å². The van der Waals surface area contributed by atoms with Crippen LogP contribution in [-0.4, -0.2) is 34.3 Å². The van der Waals surface area contributed by atoms with E-state index in [4.69, 9.17) is 15.0 Å². The molecule has 5 aromatic carbocycles. The maximum absolute atomic E-state index is 5.06. The Hall–Kier alpha value is -6.21. The number of para-hydroxylation sites is 2. The highest BCUT2D eigenvalue weighted by atomic mass is 15.2. The third-order valence-corrected chi connectivity index (χ3v) is 8.13. The summed E-state index contributed by atoms with van der Waals surface area (Å²) in [4.78, 5) is 15.0. The first-order valence-corrected chi connectivity index (χ1v) is 14.5. The molecule has 9 aromatic rings. The second kappa shape index (κ2) is 9.68. The molecule has 7 nitrogen and oxygen atoms in total. The summed E-state index contributed by atoms with van der Waals surface area (Å²) >= 11 is 0. The molecule has 0 radical (unpaired) electrons. The average molecular weight is 566 g/mol. The molecule has 0 saturated carbocycles. The minimum atomic E-state index is 0.521. The van der Waals surface area contributed by atoms with Crippen molar-refractivity contribution in [1.82, 2.24) is 34.3 Å². The van der Waals surface area contributed by atoms with Gasteiger partial charge >= 0.3 is 0 Å². The summed E-state index contributed by atoms with van der Waals surface area (Å²) in [5.74, 6) is 1.73. The number of benzene rings is 5. The second-order valence-corrected chi connectivity index (χ2v) is 10.7. The third-order valence-electron chi connectivity index (χ3n) is 8.13. The maximum atomic E-state index is 5.06. The summed E-state index contributed by atoms with van der Waals surface area (Å²) in [6.45, 7) is 0. The lowest BCUT2D eigenvalue weighted by Crippen LogP contribution is -2.06. The highest BCUT2D eigenvalue weighted by Gasteiger charge is 2.21. The fourth-order valence-corrected chi connectivity index (χ4v) is 6.17. The van der Waals surface area contributed by atoms with Gasteiger partial charge in [-0.25, -0.2) is 4.98 Å². The quantitative estimate of drug-likeness (QED) is 0.215. The van der Waals surface area contributed by atoms with E-state index in [1.54, 1.807) is 6.20 Å². The minimum Gasteiger partial charge on any atom is -0.309 e. The molecule has 206 valence electrons. The smallest absolute Gasteiger partial charge is 0.238 e. The monoisotopic (exact) mass is 565 g/mol. The molecule has 0 saturated heterocycles. The second-order valence-electron chi connectivity index (χ2n) is 10.7. The Kier molecular flexibility index (Phi) is 5.36. The summed E-state index contributed by atoms with van der Waals surface area (Å²) in [5, 5.41) is 12.2. The maximum Gasteiger partial charge on any atom is 0.238 e. The van der Waals surface area contributed by atoms with Gasteiger partial charge in [-0.1, -0.05) is 97.1 Å². The Labute approximate surface area is 251 Å². The van der Waals surface area contributed by atoms with E-state index in [9.17, 15) is 0 Å². The molecule has 4 aromatic heterocycles. The van der Waals surface area contributed by atoms with E-state index in [2.05, 4.69) is 80.0 Å². The fourth-order valence-electron chi connectivity index (χ4n) is 6.17. The normalized spacial score (nSPS) is 11.6. The molecule has 0 N–H and O–H groups in total. The summed E-state index contributed by atoms with van der Waals surface area (Å²) < 4.78 is 4.41. The van der Waals surface area contributed by atoms with Gasteiger partial charge in [-0.05, 0) is 36.4 Å². The average Bonchev–Trinajstić information content (AvgIpc) is 3.60. The molecule has 0 atom stereocenters. The van der Waals surface area contributed by atoms with Gasteiger partial charge in [0.1, 0.15) is 5.52 Å². The van der Waals surface area contributed by atoms with Crippen molar-refractivity contribution in [3.05, 3.63) is 140 Å². The van der Waals surface area contributed by atoms with Gasteiger partial charge in [-0.3, -0.25) is 4.57 Å². The molecule has 0 unspecified atom stereocenters. The van der Waals surface area contributed by atoms with Gasteiger partial charge in [0, 0.05) is 33.0 Å². The van der Waals surface area contributed by atoms with E-state index in [0.717, 1.165) is 55.2 Å². The van der Waals surface area contributed by atoms with Crippen LogP contribution in [0.25, 0.3) is 78.2 Å². The lowest BCUT2D eigenvalue weighted by molar-refractivity contribution is 0.950. The first kappa shape index (κ1) is 24.4. The van der Waals surface area contributed by atoms with Crippen molar-refractivity contribution < 1.29 is 0 Å². The number of hydrogen-bond acceptors (Lipinski definition) is 5. The molecule has 0 spiro atoms. The van der Waals surface area contributed by atoms with Gasteiger partial charge in [0.2, 0.25) is 5.95 Å². The van der Waals surface area contributed by atoms with Crippen LogP contribution < -0.4 is 0 Å². The van der Waals surface area contributed by atoms with Crippen molar-refractivity contribution in [2.75, 3.05) is 0 Å². The van der Waals surface area contributed by atoms with E-state index >= 15 is 0 Å². The Bertz CT molecular complexity index is 2420. The zero-order chi connectivity index (χ0) is 29.0. The summed E-state index contributed by atoms with van der Waals surface area (Å²) in [6.07, 6.45) is 1.72. The molecule has 0 fully saturated rings. The predicted molar refractivity (Wildman–Crippen MR) is 175 cm³/mol. The SMILES string of the molecule is c1ccc(-c2nc(-c3ccccc3)nc(-n3c4cc5c(cc4c4nnccc43)c3ccccc3n5-c3ccccc3)n2)cc1. The van der Waals surface area contributed by atoms with Crippen LogP contribution >= 0.6 is 0 Å². The van der Waals surface area contributed by atoms with Gasteiger partial charge in [0.25, 0.3) is 0 Å². The topological polar surface area (TPSA) is 74.3 Å². The van der Waals surface area contributed by atoms with E-state index in [1.165, 1.54) is 5.39 Å². The van der Waals surface area contributed by atoms with Crippen molar-refractivity contribution in [1.29, 1.82) is 0 Å². The number of rotatable bonds is 4. The molecule has 0 bridgehead atoms. The van der Waals surface area contributed by atoms with Gasteiger partial charge < -0.3 is 4.57 Å². The van der Waals surface area contributed by atoms with Crippen molar-refractivity contribution in [2.45, 2.75) is 0 Å². The van der Waals surface area contributed by atoms with Crippen LogP contribution in [0.2, 0.25) is 0 Å². The molecule has 0 aliphatic carbocycles. The molecular formula is C37H23N7. The molecule has 0 aliphatic heterocycles. The fraction of sp³-hybridized carbons (Fsp3) is 0. The van der Waals surface area contributed by atoms with Crippen molar-refractivity contribution in [3.8, 4) is 34.4 Å².